The maximum atomic E-state index is 12.4. The van der Waals surface area contributed by atoms with Crippen molar-refractivity contribution >= 4 is 22.8 Å². The number of benzene rings is 1. The van der Waals surface area contributed by atoms with E-state index in [1.54, 1.807) is 0 Å². The van der Waals surface area contributed by atoms with Gasteiger partial charge in [-0.3, -0.25) is 0 Å². The number of carbonyl (C=O) groups excluding carboxylic acids is 1. The zero-order valence-corrected chi connectivity index (χ0v) is 13.7. The van der Waals surface area contributed by atoms with E-state index in [2.05, 4.69) is 11.4 Å². The Morgan fingerprint density at radius 2 is 1.95 bits per heavy atom. The first-order valence-corrected chi connectivity index (χ1v) is 7.59. The summed E-state index contributed by atoms with van der Waals surface area (Å²) < 4.78 is 1.08. The third kappa shape index (κ3) is 3.39. The van der Waals surface area contributed by atoms with Crippen molar-refractivity contribution in [3.63, 3.8) is 0 Å². The molecule has 0 aliphatic heterocycles. The summed E-state index contributed by atoms with van der Waals surface area (Å²) in [5.41, 5.74) is 1.55. The Kier molecular flexibility index (Phi) is 4.31. The summed E-state index contributed by atoms with van der Waals surface area (Å²) in [5.74, 6) is 0.0116. The minimum atomic E-state index is -0.367. The van der Waals surface area contributed by atoms with Gasteiger partial charge in [0.05, 0.1) is 0 Å². The molecule has 1 aromatic rings. The summed E-state index contributed by atoms with van der Waals surface area (Å²) in [6.07, 6.45) is 6.94. The summed E-state index contributed by atoms with van der Waals surface area (Å²) in [6, 6.07) is 10.0. The number of carbonyl (C=O) groups is 1. The first kappa shape index (κ1) is 14.1. The van der Waals surface area contributed by atoms with Crippen molar-refractivity contribution in [2.75, 3.05) is 0 Å². The fourth-order valence-electron chi connectivity index (χ4n) is 2.09. The van der Waals surface area contributed by atoms with Crippen LogP contribution in [0.3, 0.4) is 0 Å². The van der Waals surface area contributed by atoms with Crippen molar-refractivity contribution in [1.82, 2.24) is 5.32 Å². The van der Waals surface area contributed by atoms with Crippen molar-refractivity contribution in [3.05, 3.63) is 64.4 Å². The molecule has 0 aromatic heterocycles. The number of hydrogen-bond donors (Lipinski definition) is 1. The van der Waals surface area contributed by atoms with Crippen LogP contribution in [0.4, 0.5) is 0 Å². The number of allylic oxidation sites excluding steroid dienone is 3. The van der Waals surface area contributed by atoms with E-state index in [0.29, 0.717) is 0 Å². The van der Waals surface area contributed by atoms with Crippen LogP contribution in [0.1, 0.15) is 25.8 Å². The van der Waals surface area contributed by atoms with Gasteiger partial charge in [0.2, 0.25) is 0 Å². The molecule has 0 spiro atoms. The van der Waals surface area contributed by atoms with E-state index >= 15 is 0 Å². The SMILES string of the molecule is CC(C)(NC(=O)C1=C([AsH2])C=CC[CH]1)c1ccccc1. The Bertz CT molecular complexity index is 529. The normalized spacial score (nSPS) is 15.5. The van der Waals surface area contributed by atoms with Crippen LogP contribution >= 0.6 is 0 Å². The van der Waals surface area contributed by atoms with E-state index in [0.717, 1.165) is 21.9 Å². The van der Waals surface area contributed by atoms with E-state index in [9.17, 15) is 4.79 Å². The first-order chi connectivity index (χ1) is 9.00. The number of hydrogen-bond acceptors (Lipinski definition) is 1. The van der Waals surface area contributed by atoms with Gasteiger partial charge in [0.1, 0.15) is 0 Å². The molecule has 1 unspecified atom stereocenters. The predicted molar refractivity (Wildman–Crippen MR) is 81.2 cm³/mol. The fourth-order valence-corrected chi connectivity index (χ4v) is 2.90. The molecule has 99 valence electrons. The molecule has 2 rings (SSSR count). The molecular formula is C16H19AsNO. The average Bonchev–Trinajstić information content (AvgIpc) is 2.39. The minimum absolute atomic E-state index is 0.0116. The van der Waals surface area contributed by atoms with Gasteiger partial charge < -0.3 is 0 Å². The number of amides is 1. The predicted octanol–water partition coefficient (Wildman–Crippen LogP) is 2.09. The third-order valence-corrected chi connectivity index (χ3v) is 4.29. The molecule has 3 heteroatoms. The molecule has 0 saturated carbocycles. The molecule has 0 bridgehead atoms. The third-order valence-electron chi connectivity index (χ3n) is 3.23. The van der Waals surface area contributed by atoms with Gasteiger partial charge in [0, 0.05) is 0 Å². The quantitative estimate of drug-likeness (QED) is 0.850. The van der Waals surface area contributed by atoms with Gasteiger partial charge in [-0.2, -0.15) is 0 Å². The standard InChI is InChI=1S/C16H19AsNO/c1-16(2,12-8-4-3-5-9-12)18-15(19)13-10-6-7-11-14(13)17/h3-5,7-11H,6,17H2,1-2H3,(H,18,19). The molecular weight excluding hydrogens is 297 g/mol. The monoisotopic (exact) mass is 316 g/mol. The number of rotatable bonds is 3. The van der Waals surface area contributed by atoms with Crippen LogP contribution in [0.5, 0.6) is 0 Å². The van der Waals surface area contributed by atoms with Crippen LogP contribution in [-0.4, -0.2) is 22.8 Å². The van der Waals surface area contributed by atoms with Gasteiger partial charge in [-0.05, 0) is 0 Å². The molecule has 1 N–H and O–H groups in total. The molecule has 1 aliphatic carbocycles. The second kappa shape index (κ2) is 5.79. The Labute approximate surface area is 123 Å². The van der Waals surface area contributed by atoms with Crippen molar-refractivity contribution in [2.45, 2.75) is 25.8 Å². The van der Waals surface area contributed by atoms with Gasteiger partial charge >= 0.3 is 123 Å². The second-order valence-electron chi connectivity index (χ2n) is 5.16. The van der Waals surface area contributed by atoms with Gasteiger partial charge in [0.25, 0.3) is 0 Å². The molecule has 0 heterocycles. The van der Waals surface area contributed by atoms with Crippen LogP contribution in [0.15, 0.2) is 52.4 Å². The van der Waals surface area contributed by atoms with E-state index in [1.807, 2.05) is 56.7 Å². The fraction of sp³-hybridized carbons (Fsp3) is 0.250. The molecule has 19 heavy (non-hydrogen) atoms. The Morgan fingerprint density at radius 3 is 2.58 bits per heavy atom. The van der Waals surface area contributed by atoms with E-state index < -0.39 is 0 Å². The van der Waals surface area contributed by atoms with Crippen molar-refractivity contribution < 1.29 is 4.79 Å². The molecule has 1 amide bonds. The Hall–Kier alpha value is -1.27. The van der Waals surface area contributed by atoms with Crippen LogP contribution in [0.25, 0.3) is 0 Å². The van der Waals surface area contributed by atoms with Gasteiger partial charge in [-0.1, -0.05) is 0 Å². The zero-order valence-electron chi connectivity index (χ0n) is 11.3. The van der Waals surface area contributed by atoms with Gasteiger partial charge in [0.15, 0.2) is 0 Å². The van der Waals surface area contributed by atoms with Crippen LogP contribution in [0.2, 0.25) is 0 Å². The molecule has 1 radical (unpaired) electrons. The van der Waals surface area contributed by atoms with Crippen LogP contribution in [0, 0.1) is 6.42 Å². The maximum absolute atomic E-state index is 12.4. The van der Waals surface area contributed by atoms with Crippen molar-refractivity contribution in [1.29, 1.82) is 0 Å². The summed E-state index contributed by atoms with van der Waals surface area (Å²) in [7, 11) is 0. The summed E-state index contributed by atoms with van der Waals surface area (Å²) >= 11 is 1.49. The van der Waals surface area contributed by atoms with Crippen LogP contribution < -0.4 is 5.32 Å². The molecule has 0 fully saturated rings. The Morgan fingerprint density at radius 1 is 1.26 bits per heavy atom. The zero-order chi connectivity index (χ0) is 13.9. The first-order valence-electron chi connectivity index (χ1n) is 6.38. The average molecular weight is 316 g/mol. The van der Waals surface area contributed by atoms with Gasteiger partial charge in [-0.15, -0.1) is 0 Å². The second-order valence-corrected chi connectivity index (χ2v) is 6.46. The van der Waals surface area contributed by atoms with E-state index in [1.165, 1.54) is 16.9 Å². The Balaban J connectivity index is 2.17. The summed E-state index contributed by atoms with van der Waals surface area (Å²) in [5, 5.41) is 3.12. The van der Waals surface area contributed by atoms with Crippen molar-refractivity contribution in [3.8, 4) is 0 Å². The topological polar surface area (TPSA) is 29.1 Å². The van der Waals surface area contributed by atoms with Crippen molar-refractivity contribution in [2.24, 2.45) is 0 Å². The molecule has 1 aromatic carbocycles. The summed E-state index contributed by atoms with van der Waals surface area (Å²) in [6.45, 7) is 4.06. The number of nitrogens with one attached hydrogen (secondary N) is 1. The van der Waals surface area contributed by atoms with E-state index in [4.69, 9.17) is 0 Å². The van der Waals surface area contributed by atoms with Gasteiger partial charge in [-0.25, -0.2) is 0 Å². The summed E-state index contributed by atoms with van der Waals surface area (Å²) in [4.78, 5) is 12.4. The molecule has 0 saturated heterocycles. The molecule has 1 aliphatic rings. The van der Waals surface area contributed by atoms with Crippen LogP contribution in [-0.2, 0) is 10.3 Å². The molecule has 1 atom stereocenters. The molecule has 2 nitrogen and oxygen atoms in total. The van der Waals surface area contributed by atoms with E-state index in [-0.39, 0.29) is 11.4 Å².